The summed E-state index contributed by atoms with van der Waals surface area (Å²) in [5.74, 6) is -0.419. The molecule has 0 radical (unpaired) electrons. The van der Waals surface area contributed by atoms with Gasteiger partial charge in [0.1, 0.15) is 0 Å². The van der Waals surface area contributed by atoms with E-state index in [1.807, 2.05) is 36.4 Å². The molecule has 1 heterocycles. The van der Waals surface area contributed by atoms with Crippen molar-refractivity contribution >= 4 is 52.5 Å². The number of hydrogen-bond donors (Lipinski definition) is 1. The quantitative estimate of drug-likeness (QED) is 0.318. The van der Waals surface area contributed by atoms with Gasteiger partial charge in [-0.2, -0.15) is 5.10 Å². The molecule has 9 heteroatoms. The number of carbonyl (C=O) groups excluding carboxylic acids is 1. The van der Waals surface area contributed by atoms with E-state index in [0.717, 1.165) is 14.0 Å². The minimum Gasteiger partial charge on any atom is -0.273 e. The van der Waals surface area contributed by atoms with E-state index in [0.29, 0.717) is 10.6 Å². The van der Waals surface area contributed by atoms with Crippen LogP contribution in [0.3, 0.4) is 0 Å². The summed E-state index contributed by atoms with van der Waals surface area (Å²) in [6, 6.07) is 17.6. The Balaban J connectivity index is 1.55. The van der Waals surface area contributed by atoms with Gasteiger partial charge in [0.25, 0.3) is 5.69 Å². The van der Waals surface area contributed by atoms with Gasteiger partial charge in [-0.25, -0.2) is 5.43 Å². The number of carbonyl (C=O) groups is 1. The van der Waals surface area contributed by atoms with E-state index in [-0.39, 0.29) is 12.1 Å². The van der Waals surface area contributed by atoms with Crippen molar-refractivity contribution in [3.8, 4) is 0 Å². The predicted octanol–water partition coefficient (Wildman–Crippen LogP) is 5.15. The molecule has 0 fully saturated rings. The molecule has 1 amide bonds. The van der Waals surface area contributed by atoms with Crippen LogP contribution >= 0.6 is 34.7 Å². The highest BCUT2D eigenvalue weighted by Crippen LogP contribution is 2.33. The first-order chi connectivity index (χ1) is 13.5. The number of hydrazone groups is 1. The van der Waals surface area contributed by atoms with Crippen LogP contribution in [-0.4, -0.2) is 17.0 Å². The average molecular weight is 432 g/mol. The van der Waals surface area contributed by atoms with Crippen molar-refractivity contribution in [2.75, 3.05) is 0 Å². The lowest BCUT2D eigenvalue weighted by molar-refractivity contribution is -0.385. The van der Waals surface area contributed by atoms with Crippen molar-refractivity contribution in [1.82, 2.24) is 5.43 Å². The Labute approximate surface area is 174 Å². The van der Waals surface area contributed by atoms with Gasteiger partial charge in [-0.3, -0.25) is 14.9 Å². The third kappa shape index (κ3) is 5.66. The monoisotopic (exact) mass is 431 g/mol. The number of benzene rings is 2. The number of amides is 1. The van der Waals surface area contributed by atoms with Crippen LogP contribution in [0.5, 0.6) is 0 Å². The zero-order valence-electron chi connectivity index (χ0n) is 14.4. The maximum absolute atomic E-state index is 12.0. The maximum atomic E-state index is 12.0. The Kier molecular flexibility index (Phi) is 6.80. The van der Waals surface area contributed by atoms with Gasteiger partial charge >= 0.3 is 0 Å². The molecule has 0 unspecified atom stereocenters. The molecule has 6 nitrogen and oxygen atoms in total. The lowest BCUT2D eigenvalue weighted by atomic mass is 10.1. The van der Waals surface area contributed by atoms with E-state index >= 15 is 0 Å². The number of nitrogens with one attached hydrogen (secondary N) is 1. The second-order valence-corrected chi connectivity index (χ2v) is 8.49. The van der Waals surface area contributed by atoms with Crippen LogP contribution in [0, 0.1) is 10.1 Å². The van der Waals surface area contributed by atoms with Crippen LogP contribution < -0.4 is 5.43 Å². The van der Waals surface area contributed by atoms with Gasteiger partial charge in [0.2, 0.25) is 5.91 Å². The van der Waals surface area contributed by atoms with Crippen molar-refractivity contribution in [2.24, 2.45) is 5.10 Å². The number of nitro groups is 1. The predicted molar refractivity (Wildman–Crippen MR) is 112 cm³/mol. The molecule has 0 atom stereocenters. The number of nitro benzene ring substituents is 1. The first-order valence-electron chi connectivity index (χ1n) is 8.09. The van der Waals surface area contributed by atoms with Crippen LogP contribution in [0.25, 0.3) is 0 Å². The zero-order chi connectivity index (χ0) is 19.9. The Bertz CT molecular complexity index is 1020. The van der Waals surface area contributed by atoms with Crippen molar-refractivity contribution in [1.29, 1.82) is 0 Å². The highest BCUT2D eigenvalue weighted by Gasteiger charge is 2.15. The summed E-state index contributed by atoms with van der Waals surface area (Å²) in [7, 11) is 0. The number of thiophene rings is 1. The van der Waals surface area contributed by atoms with Gasteiger partial charge in [-0.15, -0.1) is 11.3 Å². The van der Waals surface area contributed by atoms with Crippen LogP contribution in [-0.2, 0) is 11.2 Å². The summed E-state index contributed by atoms with van der Waals surface area (Å²) in [6.07, 6.45) is 1.44. The highest BCUT2D eigenvalue weighted by molar-refractivity contribution is 8.01. The lowest BCUT2D eigenvalue weighted by Gasteiger charge is -2.01. The summed E-state index contributed by atoms with van der Waals surface area (Å²) in [4.78, 5) is 24.4. The van der Waals surface area contributed by atoms with Gasteiger partial charge in [0.05, 0.1) is 21.8 Å². The molecule has 0 bridgehead atoms. The van der Waals surface area contributed by atoms with Gasteiger partial charge in [0, 0.05) is 26.4 Å². The Morgan fingerprint density at radius 2 is 1.93 bits per heavy atom. The van der Waals surface area contributed by atoms with Crippen LogP contribution in [0.4, 0.5) is 5.69 Å². The third-order valence-electron chi connectivity index (χ3n) is 3.55. The van der Waals surface area contributed by atoms with E-state index in [4.69, 9.17) is 11.6 Å². The average Bonchev–Trinajstić information content (AvgIpc) is 3.11. The minimum absolute atomic E-state index is 0.0799. The molecule has 142 valence electrons. The molecule has 0 aliphatic heterocycles. The molecule has 1 aromatic heterocycles. The first kappa shape index (κ1) is 20.1. The van der Waals surface area contributed by atoms with Gasteiger partial charge in [-0.1, -0.05) is 41.6 Å². The zero-order valence-corrected chi connectivity index (χ0v) is 16.8. The van der Waals surface area contributed by atoms with Crippen molar-refractivity contribution < 1.29 is 9.72 Å². The Hall–Kier alpha value is -2.68. The van der Waals surface area contributed by atoms with Crippen molar-refractivity contribution in [2.45, 2.75) is 15.5 Å². The third-order valence-corrected chi connectivity index (χ3v) is 5.97. The summed E-state index contributed by atoms with van der Waals surface area (Å²) >= 11 is 9.03. The molecule has 0 saturated heterocycles. The number of hydrogen-bond acceptors (Lipinski definition) is 6. The molecule has 3 aromatic rings. The largest absolute Gasteiger partial charge is 0.273 e. The second-order valence-electron chi connectivity index (χ2n) is 5.57. The van der Waals surface area contributed by atoms with Gasteiger partial charge in [0.15, 0.2) is 0 Å². The first-order valence-corrected chi connectivity index (χ1v) is 10.1. The Morgan fingerprint density at radius 1 is 1.18 bits per heavy atom. The topological polar surface area (TPSA) is 84.6 Å². The molecule has 0 aliphatic carbocycles. The number of nitrogens with zero attached hydrogens (tertiary/aromatic N) is 2. The lowest BCUT2D eigenvalue weighted by Crippen LogP contribution is -2.20. The van der Waals surface area contributed by atoms with E-state index in [9.17, 15) is 14.9 Å². The van der Waals surface area contributed by atoms with Crippen molar-refractivity contribution in [3.05, 3.63) is 86.2 Å². The van der Waals surface area contributed by atoms with Gasteiger partial charge in [-0.05, 0) is 36.4 Å². The van der Waals surface area contributed by atoms with Crippen LogP contribution in [0.1, 0.15) is 10.4 Å². The molecule has 0 saturated carbocycles. The minimum atomic E-state index is -0.503. The normalized spacial score (nSPS) is 10.9. The smallest absolute Gasteiger partial charge is 0.273 e. The summed E-state index contributed by atoms with van der Waals surface area (Å²) < 4.78 is 1.08. The fourth-order valence-electron chi connectivity index (χ4n) is 2.30. The molecule has 2 aromatic carbocycles. The molecule has 1 N–H and O–H groups in total. The van der Waals surface area contributed by atoms with Crippen LogP contribution in [0.2, 0.25) is 5.02 Å². The molecular weight excluding hydrogens is 418 g/mol. The standard InChI is InChI=1S/C19H14ClN3O3S2/c20-14-5-7-15(8-6-14)27-19-10-9-16(28-19)12-21-22-18(24)11-13-3-1-2-4-17(13)23(25)26/h1-10,12H,11H2,(H,22,24)/b21-12+. The molecule has 3 rings (SSSR count). The molecule has 0 aliphatic rings. The number of halogens is 1. The number of rotatable bonds is 7. The summed E-state index contributed by atoms with van der Waals surface area (Å²) in [6.45, 7) is 0. The van der Waals surface area contributed by atoms with E-state index in [1.165, 1.54) is 17.4 Å². The maximum Gasteiger partial charge on any atom is 0.273 e. The van der Waals surface area contributed by atoms with Gasteiger partial charge < -0.3 is 0 Å². The second kappa shape index (κ2) is 9.50. The Morgan fingerprint density at radius 3 is 2.68 bits per heavy atom. The molecular formula is C19H14ClN3O3S2. The fourth-order valence-corrected chi connectivity index (χ4v) is 4.42. The van der Waals surface area contributed by atoms with Crippen LogP contribution in [0.15, 0.2) is 74.9 Å². The highest BCUT2D eigenvalue weighted by atomic mass is 35.5. The van der Waals surface area contributed by atoms with Crippen molar-refractivity contribution in [3.63, 3.8) is 0 Å². The number of para-hydroxylation sites is 1. The summed E-state index contributed by atoms with van der Waals surface area (Å²) in [5.41, 5.74) is 2.67. The summed E-state index contributed by atoms with van der Waals surface area (Å²) in [5, 5.41) is 15.6. The molecule has 0 spiro atoms. The fraction of sp³-hybridized carbons (Fsp3) is 0.0526. The molecule has 28 heavy (non-hydrogen) atoms. The SMILES string of the molecule is O=C(Cc1ccccc1[N+](=O)[O-])N/N=C/c1ccc(Sc2ccc(Cl)cc2)s1. The van der Waals surface area contributed by atoms with E-state index in [1.54, 1.807) is 36.2 Å². The van der Waals surface area contributed by atoms with E-state index < -0.39 is 10.8 Å². The van der Waals surface area contributed by atoms with E-state index in [2.05, 4.69) is 10.5 Å².